The summed E-state index contributed by atoms with van der Waals surface area (Å²) in [5.74, 6) is -3.23. The first kappa shape index (κ1) is 14.9. The minimum atomic E-state index is -5.97. The van der Waals surface area contributed by atoms with E-state index in [-0.39, 0.29) is 0 Å². The van der Waals surface area contributed by atoms with E-state index < -0.39 is 31.8 Å². The maximum Gasteiger partial charge on any atom is 0.498 e. The number of carbonyl (C=O) groups is 2. The van der Waals surface area contributed by atoms with Crippen LogP contribution in [0.5, 0.6) is 0 Å². The highest BCUT2D eigenvalue weighted by Gasteiger charge is 2.64. The van der Waals surface area contributed by atoms with Gasteiger partial charge in [-0.15, -0.1) is 0 Å². The first-order valence-electron chi connectivity index (χ1n) is 3.83. The summed E-state index contributed by atoms with van der Waals surface area (Å²) in [6, 6.07) is 0. The number of hydrogen-bond donors (Lipinski definition) is 0. The van der Waals surface area contributed by atoms with Crippen LogP contribution in [0.2, 0.25) is 0 Å². The van der Waals surface area contributed by atoms with Crippen LogP contribution >= 0.6 is 0 Å². The molecular formula is C7H9F3O5S. The Morgan fingerprint density at radius 1 is 1.19 bits per heavy atom. The fourth-order valence-corrected chi connectivity index (χ4v) is 2.01. The summed E-state index contributed by atoms with van der Waals surface area (Å²) in [4.78, 5) is 22.0. The highest BCUT2D eigenvalue weighted by Crippen LogP contribution is 2.35. The molecule has 0 aromatic carbocycles. The Bertz CT molecular complexity index is 410. The standard InChI is InChI=1S/C7H9F3O5S/c1-4(11)6(2,5(12)15-3)16(13,14)7(8,9)10/h1-3H3. The Morgan fingerprint density at radius 3 is 1.75 bits per heavy atom. The maximum absolute atomic E-state index is 12.2. The van der Waals surface area contributed by atoms with Crippen LogP contribution in [0.3, 0.4) is 0 Å². The molecule has 0 spiro atoms. The molecule has 0 aliphatic heterocycles. The zero-order valence-electron chi connectivity index (χ0n) is 8.58. The average molecular weight is 262 g/mol. The van der Waals surface area contributed by atoms with Crippen LogP contribution in [0.1, 0.15) is 13.8 Å². The number of esters is 1. The second-order valence-corrected chi connectivity index (χ2v) is 5.32. The second-order valence-electron chi connectivity index (χ2n) is 3.03. The molecule has 0 N–H and O–H groups in total. The minimum absolute atomic E-state index is 0.365. The van der Waals surface area contributed by atoms with E-state index in [0.717, 1.165) is 0 Å². The largest absolute Gasteiger partial charge is 0.498 e. The molecule has 0 aliphatic rings. The van der Waals surface area contributed by atoms with Crippen molar-refractivity contribution in [2.45, 2.75) is 24.1 Å². The van der Waals surface area contributed by atoms with Gasteiger partial charge in [0, 0.05) is 0 Å². The summed E-state index contributed by atoms with van der Waals surface area (Å²) in [6.07, 6.45) is 0. The molecule has 1 atom stereocenters. The number of ketones is 1. The molecule has 0 radical (unpaired) electrons. The number of alkyl halides is 3. The number of hydrogen-bond acceptors (Lipinski definition) is 5. The number of sulfone groups is 1. The van der Waals surface area contributed by atoms with E-state index >= 15 is 0 Å². The van der Waals surface area contributed by atoms with Gasteiger partial charge in [0.1, 0.15) is 0 Å². The summed E-state index contributed by atoms with van der Waals surface area (Å²) in [6.45, 7) is 0.935. The summed E-state index contributed by atoms with van der Waals surface area (Å²) >= 11 is 0. The van der Waals surface area contributed by atoms with Gasteiger partial charge < -0.3 is 4.74 Å². The van der Waals surface area contributed by atoms with Crippen LogP contribution in [0, 0.1) is 0 Å². The molecule has 0 aromatic heterocycles. The summed E-state index contributed by atoms with van der Waals surface area (Å²) < 4.78 is 59.5. The molecule has 0 amide bonds. The Labute approximate surface area is 89.5 Å². The van der Waals surface area contributed by atoms with E-state index in [2.05, 4.69) is 4.74 Å². The molecule has 0 fully saturated rings. The van der Waals surface area contributed by atoms with Gasteiger partial charge in [0.25, 0.3) is 9.84 Å². The number of Topliss-reactive ketones (excluding diaryl/α,β-unsaturated/α-hetero) is 1. The SMILES string of the molecule is COC(=O)C(C)(C(C)=O)S(=O)(=O)C(F)(F)F. The van der Waals surface area contributed by atoms with Crippen LogP contribution in [0.15, 0.2) is 0 Å². The lowest BCUT2D eigenvalue weighted by Gasteiger charge is -2.24. The summed E-state index contributed by atoms with van der Waals surface area (Å²) in [5, 5.41) is 0. The smallest absolute Gasteiger partial charge is 0.468 e. The van der Waals surface area contributed by atoms with Crippen molar-refractivity contribution in [2.75, 3.05) is 7.11 Å². The zero-order chi connectivity index (χ0) is 13.4. The normalized spacial score (nSPS) is 16.4. The van der Waals surface area contributed by atoms with Crippen LogP contribution in [-0.4, -0.2) is 37.5 Å². The Kier molecular flexibility index (Phi) is 3.76. The van der Waals surface area contributed by atoms with Gasteiger partial charge in [0.2, 0.25) is 4.75 Å². The molecule has 0 saturated carbocycles. The second kappa shape index (κ2) is 4.04. The van der Waals surface area contributed by atoms with Crippen molar-refractivity contribution in [2.24, 2.45) is 0 Å². The predicted octanol–water partition coefficient (Wildman–Crippen LogP) is 0.442. The number of methoxy groups -OCH3 is 1. The number of halogens is 3. The first-order chi connectivity index (χ1) is 6.92. The van der Waals surface area contributed by atoms with Crippen LogP contribution < -0.4 is 0 Å². The molecule has 9 heteroatoms. The van der Waals surface area contributed by atoms with Crippen molar-refractivity contribution in [1.29, 1.82) is 0 Å². The third kappa shape index (κ3) is 1.91. The average Bonchev–Trinajstić information content (AvgIpc) is 2.12. The fraction of sp³-hybridized carbons (Fsp3) is 0.714. The molecule has 0 bridgehead atoms. The van der Waals surface area contributed by atoms with Gasteiger partial charge in [-0.05, 0) is 13.8 Å². The molecule has 0 saturated heterocycles. The molecular weight excluding hydrogens is 253 g/mol. The minimum Gasteiger partial charge on any atom is -0.468 e. The van der Waals surface area contributed by atoms with Crippen molar-refractivity contribution in [3.8, 4) is 0 Å². The van der Waals surface area contributed by atoms with Gasteiger partial charge in [0.15, 0.2) is 5.78 Å². The lowest BCUT2D eigenvalue weighted by Crippen LogP contribution is -2.55. The number of ether oxygens (including phenoxy) is 1. The van der Waals surface area contributed by atoms with E-state index in [1.807, 2.05) is 0 Å². The van der Waals surface area contributed by atoms with Gasteiger partial charge in [-0.3, -0.25) is 4.79 Å². The first-order valence-corrected chi connectivity index (χ1v) is 5.31. The van der Waals surface area contributed by atoms with Gasteiger partial charge in [-0.1, -0.05) is 0 Å². The lowest BCUT2D eigenvalue weighted by molar-refractivity contribution is -0.147. The van der Waals surface area contributed by atoms with E-state index in [1.165, 1.54) is 0 Å². The Balaban J connectivity index is 5.96. The molecule has 0 heterocycles. The Hall–Kier alpha value is -1.12. The monoisotopic (exact) mass is 262 g/mol. The maximum atomic E-state index is 12.2. The summed E-state index contributed by atoms with van der Waals surface area (Å²) in [5.41, 5.74) is -5.71. The van der Waals surface area contributed by atoms with Crippen molar-refractivity contribution >= 4 is 21.6 Å². The third-order valence-corrected chi connectivity index (χ3v) is 4.23. The molecule has 5 nitrogen and oxygen atoms in total. The molecule has 16 heavy (non-hydrogen) atoms. The van der Waals surface area contributed by atoms with Gasteiger partial charge in [-0.25, -0.2) is 13.2 Å². The third-order valence-electron chi connectivity index (χ3n) is 2.09. The van der Waals surface area contributed by atoms with Crippen molar-refractivity contribution in [3.05, 3.63) is 0 Å². The molecule has 0 rings (SSSR count). The molecule has 0 aliphatic carbocycles. The van der Waals surface area contributed by atoms with Gasteiger partial charge in [-0.2, -0.15) is 13.2 Å². The number of carbonyl (C=O) groups excluding carboxylic acids is 2. The topological polar surface area (TPSA) is 77.5 Å². The van der Waals surface area contributed by atoms with E-state index in [9.17, 15) is 31.2 Å². The molecule has 94 valence electrons. The highest BCUT2D eigenvalue weighted by atomic mass is 32.2. The van der Waals surface area contributed by atoms with Gasteiger partial charge in [0.05, 0.1) is 7.11 Å². The van der Waals surface area contributed by atoms with Crippen molar-refractivity contribution in [3.63, 3.8) is 0 Å². The van der Waals surface area contributed by atoms with Crippen molar-refractivity contribution in [1.82, 2.24) is 0 Å². The van der Waals surface area contributed by atoms with E-state index in [1.54, 1.807) is 0 Å². The van der Waals surface area contributed by atoms with Gasteiger partial charge >= 0.3 is 11.5 Å². The summed E-state index contributed by atoms with van der Waals surface area (Å²) in [7, 11) is -5.28. The lowest BCUT2D eigenvalue weighted by atomic mass is 10.1. The molecule has 1 unspecified atom stereocenters. The fourth-order valence-electron chi connectivity index (χ4n) is 0.869. The van der Waals surface area contributed by atoms with E-state index in [0.29, 0.717) is 21.0 Å². The highest BCUT2D eigenvalue weighted by molar-refractivity contribution is 7.95. The van der Waals surface area contributed by atoms with Crippen LogP contribution in [0.4, 0.5) is 13.2 Å². The Morgan fingerprint density at radius 2 is 1.56 bits per heavy atom. The predicted molar refractivity (Wildman–Crippen MR) is 46.1 cm³/mol. The number of rotatable bonds is 3. The van der Waals surface area contributed by atoms with E-state index in [4.69, 9.17) is 0 Å². The van der Waals surface area contributed by atoms with Crippen LogP contribution in [-0.2, 0) is 24.2 Å². The van der Waals surface area contributed by atoms with Crippen LogP contribution in [0.25, 0.3) is 0 Å². The zero-order valence-corrected chi connectivity index (χ0v) is 9.40. The van der Waals surface area contributed by atoms with Crippen molar-refractivity contribution < 1.29 is 35.9 Å². The molecule has 0 aromatic rings. The quantitative estimate of drug-likeness (QED) is 0.545.